The number of carbonyl (C=O) groups is 3. The van der Waals surface area contributed by atoms with Crippen LogP contribution in [0.4, 0.5) is 11.5 Å². The summed E-state index contributed by atoms with van der Waals surface area (Å²) in [4.78, 5) is 38.3. The number of thioether (sulfide) groups is 1. The van der Waals surface area contributed by atoms with Gasteiger partial charge >= 0.3 is 5.97 Å². The molecule has 1 aromatic heterocycles. The maximum atomic E-state index is 12.3. The molecule has 9 nitrogen and oxygen atoms in total. The number of piperidine rings is 1. The number of rotatable bonds is 9. The molecule has 0 bridgehead atoms. The Hall–Kier alpha value is -3.14. The number of hydrogen-bond acceptors (Lipinski definition) is 8. The van der Waals surface area contributed by atoms with E-state index in [0.29, 0.717) is 22.9 Å². The third-order valence-corrected chi connectivity index (χ3v) is 6.20. The maximum Gasteiger partial charge on any atom is 0.338 e. The molecule has 34 heavy (non-hydrogen) atoms. The van der Waals surface area contributed by atoms with Crippen molar-refractivity contribution >= 4 is 41.1 Å². The van der Waals surface area contributed by atoms with Gasteiger partial charge in [0.25, 0.3) is 0 Å². The van der Waals surface area contributed by atoms with Crippen LogP contribution in [0, 0.1) is 5.92 Å². The number of ether oxygens (including phenoxy) is 1. The van der Waals surface area contributed by atoms with Crippen molar-refractivity contribution in [3.05, 3.63) is 42.0 Å². The first kappa shape index (κ1) is 25.5. The Morgan fingerprint density at radius 1 is 1.09 bits per heavy atom. The molecule has 0 aliphatic carbocycles. The zero-order valence-corrected chi connectivity index (χ0v) is 20.6. The van der Waals surface area contributed by atoms with Gasteiger partial charge in [-0.15, -0.1) is 10.2 Å². The average Bonchev–Trinajstić information content (AvgIpc) is 2.83. The molecule has 3 rings (SSSR count). The summed E-state index contributed by atoms with van der Waals surface area (Å²) in [7, 11) is 0. The highest BCUT2D eigenvalue weighted by molar-refractivity contribution is 7.99. The van der Waals surface area contributed by atoms with Crippen molar-refractivity contribution in [3.8, 4) is 0 Å². The van der Waals surface area contributed by atoms with E-state index in [1.807, 2.05) is 26.0 Å². The van der Waals surface area contributed by atoms with Gasteiger partial charge in [-0.3, -0.25) is 9.59 Å². The Morgan fingerprint density at radius 2 is 1.79 bits per heavy atom. The van der Waals surface area contributed by atoms with Crippen LogP contribution in [-0.2, 0) is 14.3 Å². The molecule has 1 aliphatic rings. The zero-order chi connectivity index (χ0) is 24.5. The second-order valence-electron chi connectivity index (χ2n) is 8.29. The highest BCUT2D eigenvalue weighted by Gasteiger charge is 2.26. The van der Waals surface area contributed by atoms with E-state index in [1.54, 1.807) is 31.2 Å². The first-order valence-electron chi connectivity index (χ1n) is 11.4. The number of aromatic nitrogens is 2. The molecule has 2 heterocycles. The summed E-state index contributed by atoms with van der Waals surface area (Å²) < 4.78 is 4.95. The molecular weight excluding hydrogens is 454 g/mol. The lowest BCUT2D eigenvalue weighted by Gasteiger charge is -2.32. The number of hydrogen-bond donors (Lipinski definition) is 2. The third kappa shape index (κ3) is 7.44. The molecule has 0 spiro atoms. The molecule has 0 radical (unpaired) electrons. The zero-order valence-electron chi connectivity index (χ0n) is 19.7. The smallest absolute Gasteiger partial charge is 0.338 e. The van der Waals surface area contributed by atoms with Crippen molar-refractivity contribution < 1.29 is 19.1 Å². The van der Waals surface area contributed by atoms with E-state index in [0.717, 1.165) is 31.7 Å². The van der Waals surface area contributed by atoms with Crippen LogP contribution in [0.3, 0.4) is 0 Å². The van der Waals surface area contributed by atoms with Gasteiger partial charge in [0.05, 0.1) is 17.9 Å². The Bertz CT molecular complexity index is 974. The lowest BCUT2D eigenvalue weighted by molar-refractivity contribution is -0.126. The minimum atomic E-state index is -0.390. The van der Waals surface area contributed by atoms with Crippen LogP contribution < -0.4 is 15.5 Å². The standard InChI is InChI=1S/C24H31N5O4S/c1-4-33-24(32)18-5-7-19(8-6-18)26-21(30)15-34-22-10-9-20(27-28-22)29-13-11-17(12-14-29)23(31)25-16(2)3/h5-10,16-17H,4,11-15H2,1-3H3,(H,25,31)(H,26,30). The van der Waals surface area contributed by atoms with Gasteiger partial charge in [0, 0.05) is 30.7 Å². The minimum Gasteiger partial charge on any atom is -0.462 e. The van der Waals surface area contributed by atoms with E-state index in [4.69, 9.17) is 4.74 Å². The van der Waals surface area contributed by atoms with Gasteiger partial charge in [-0.1, -0.05) is 11.8 Å². The van der Waals surface area contributed by atoms with Crippen molar-refractivity contribution in [2.24, 2.45) is 5.92 Å². The van der Waals surface area contributed by atoms with E-state index in [9.17, 15) is 14.4 Å². The van der Waals surface area contributed by atoms with Gasteiger partial charge in [0.15, 0.2) is 5.82 Å². The van der Waals surface area contributed by atoms with E-state index >= 15 is 0 Å². The second-order valence-corrected chi connectivity index (χ2v) is 9.28. The normalized spacial score (nSPS) is 14.1. The summed E-state index contributed by atoms with van der Waals surface area (Å²) in [6, 6.07) is 10.5. The lowest BCUT2D eigenvalue weighted by Crippen LogP contribution is -2.42. The summed E-state index contributed by atoms with van der Waals surface area (Å²) in [5, 5.41) is 15.0. The number of esters is 1. The first-order chi connectivity index (χ1) is 16.4. The van der Waals surface area contributed by atoms with Crippen LogP contribution in [0.15, 0.2) is 41.4 Å². The number of anilines is 2. The molecule has 2 amide bonds. The van der Waals surface area contributed by atoms with Gasteiger partial charge in [-0.2, -0.15) is 0 Å². The Morgan fingerprint density at radius 3 is 2.38 bits per heavy atom. The summed E-state index contributed by atoms with van der Waals surface area (Å²) in [6.07, 6.45) is 1.58. The van der Waals surface area contributed by atoms with E-state index in [-0.39, 0.29) is 35.5 Å². The van der Waals surface area contributed by atoms with Crippen molar-refractivity contribution in [1.29, 1.82) is 0 Å². The Labute approximate surface area is 204 Å². The van der Waals surface area contributed by atoms with Crippen molar-refractivity contribution in [2.45, 2.75) is 44.7 Å². The number of carbonyl (C=O) groups excluding carboxylic acids is 3. The van der Waals surface area contributed by atoms with Crippen molar-refractivity contribution in [3.63, 3.8) is 0 Å². The molecule has 2 aromatic rings. The molecule has 10 heteroatoms. The summed E-state index contributed by atoms with van der Waals surface area (Å²) >= 11 is 1.30. The molecule has 0 atom stereocenters. The molecule has 182 valence electrons. The molecule has 1 aromatic carbocycles. The number of amides is 2. The predicted octanol–water partition coefficient (Wildman–Crippen LogP) is 3.13. The summed E-state index contributed by atoms with van der Waals surface area (Å²) in [6.45, 7) is 7.52. The van der Waals surface area contributed by atoms with Gasteiger partial charge in [0.2, 0.25) is 11.8 Å². The van der Waals surface area contributed by atoms with E-state index in [2.05, 4.69) is 25.7 Å². The molecule has 1 aliphatic heterocycles. The number of nitrogens with one attached hydrogen (secondary N) is 2. The topological polar surface area (TPSA) is 114 Å². The SMILES string of the molecule is CCOC(=O)c1ccc(NC(=O)CSc2ccc(N3CCC(C(=O)NC(C)C)CC3)nn2)cc1. The van der Waals surface area contributed by atoms with E-state index < -0.39 is 0 Å². The van der Waals surface area contributed by atoms with Crippen LogP contribution in [0.25, 0.3) is 0 Å². The molecule has 2 N–H and O–H groups in total. The fraction of sp³-hybridized carbons (Fsp3) is 0.458. The molecular formula is C24H31N5O4S. The first-order valence-corrected chi connectivity index (χ1v) is 12.4. The average molecular weight is 486 g/mol. The fourth-order valence-corrected chi connectivity index (χ4v) is 4.19. The van der Waals surface area contributed by atoms with Crippen LogP contribution in [0.5, 0.6) is 0 Å². The maximum absolute atomic E-state index is 12.3. The van der Waals surface area contributed by atoms with Crippen LogP contribution in [0.2, 0.25) is 0 Å². The monoisotopic (exact) mass is 485 g/mol. The highest BCUT2D eigenvalue weighted by Crippen LogP contribution is 2.23. The summed E-state index contributed by atoms with van der Waals surface area (Å²) in [5.41, 5.74) is 1.04. The molecule has 0 saturated carbocycles. The van der Waals surface area contributed by atoms with Gasteiger partial charge in [-0.05, 0) is 70.0 Å². The van der Waals surface area contributed by atoms with Crippen LogP contribution in [0.1, 0.15) is 44.0 Å². The van der Waals surface area contributed by atoms with Gasteiger partial charge < -0.3 is 20.3 Å². The molecule has 1 fully saturated rings. The molecule has 0 unspecified atom stereocenters. The fourth-order valence-electron chi connectivity index (χ4n) is 3.57. The summed E-state index contributed by atoms with van der Waals surface area (Å²) in [5.74, 6) is 0.560. The quantitative estimate of drug-likeness (QED) is 0.411. The number of nitrogens with zero attached hydrogens (tertiary/aromatic N) is 3. The van der Waals surface area contributed by atoms with Gasteiger partial charge in [-0.25, -0.2) is 4.79 Å². The van der Waals surface area contributed by atoms with Crippen molar-refractivity contribution in [2.75, 3.05) is 35.7 Å². The molecule has 1 saturated heterocycles. The van der Waals surface area contributed by atoms with E-state index in [1.165, 1.54) is 11.8 Å². The van der Waals surface area contributed by atoms with Crippen molar-refractivity contribution in [1.82, 2.24) is 15.5 Å². The Kier molecular flexibility index (Phi) is 9.26. The Balaban J connectivity index is 1.43. The largest absolute Gasteiger partial charge is 0.462 e. The number of benzene rings is 1. The van der Waals surface area contributed by atoms with Crippen LogP contribution >= 0.6 is 11.8 Å². The predicted molar refractivity (Wildman–Crippen MR) is 132 cm³/mol. The van der Waals surface area contributed by atoms with Crippen LogP contribution in [-0.4, -0.2) is 59.5 Å². The highest BCUT2D eigenvalue weighted by atomic mass is 32.2. The minimum absolute atomic E-state index is 0.0429. The third-order valence-electron chi connectivity index (χ3n) is 5.28. The second kappa shape index (κ2) is 12.4. The lowest BCUT2D eigenvalue weighted by atomic mass is 9.95. The van der Waals surface area contributed by atoms with Gasteiger partial charge in [0.1, 0.15) is 5.03 Å².